The maximum absolute atomic E-state index is 15.2. The Labute approximate surface area is 237 Å². The van der Waals surface area contributed by atoms with Gasteiger partial charge in [-0.05, 0) is 34.6 Å². The van der Waals surface area contributed by atoms with Gasteiger partial charge in [0, 0.05) is 49.0 Å². The van der Waals surface area contributed by atoms with E-state index in [1.54, 1.807) is 19.6 Å². The molecule has 0 atom stereocenters. The van der Waals surface area contributed by atoms with E-state index < -0.39 is 17.0 Å². The molecule has 0 aliphatic carbocycles. The molecule has 0 bridgehead atoms. The molecule has 0 saturated carbocycles. The monoisotopic (exact) mass is 715 g/mol. The maximum atomic E-state index is 15.2. The summed E-state index contributed by atoms with van der Waals surface area (Å²) in [5.41, 5.74) is 1.16. The molecular formula is C27H33BFN3O3U-. The van der Waals surface area contributed by atoms with Crippen LogP contribution in [-0.4, -0.2) is 28.8 Å². The third-order valence-corrected chi connectivity index (χ3v) is 6.24. The van der Waals surface area contributed by atoms with E-state index in [9.17, 15) is 4.79 Å². The van der Waals surface area contributed by atoms with E-state index in [0.717, 1.165) is 11.5 Å². The van der Waals surface area contributed by atoms with Gasteiger partial charge in [-0.25, -0.2) is 4.39 Å². The van der Waals surface area contributed by atoms with Crippen molar-refractivity contribution in [3.05, 3.63) is 69.7 Å². The first kappa shape index (κ1) is 30.3. The number of fused-ring (bicyclic) bond motifs is 1. The Morgan fingerprint density at radius 1 is 1.19 bits per heavy atom. The minimum Gasteiger partial charge on any atom is -0.477 e. The fourth-order valence-electron chi connectivity index (χ4n) is 3.41. The number of rotatable bonds is 7. The largest absolute Gasteiger partial charge is 0.477 e. The molecular weight excluding hydrogens is 682 g/mol. The minimum atomic E-state index is -0.580. The van der Waals surface area contributed by atoms with Crippen LogP contribution in [0, 0.1) is 48.3 Å². The zero-order valence-corrected chi connectivity index (χ0v) is 26.4. The van der Waals surface area contributed by atoms with Crippen LogP contribution in [0.4, 0.5) is 4.39 Å². The number of hydrogen-bond acceptors (Lipinski definition) is 5. The van der Waals surface area contributed by atoms with Crippen molar-refractivity contribution >= 4 is 29.6 Å². The summed E-state index contributed by atoms with van der Waals surface area (Å²) in [5, 5.41) is 12.5. The van der Waals surface area contributed by atoms with E-state index in [2.05, 4.69) is 5.10 Å². The second kappa shape index (κ2) is 11.6. The van der Waals surface area contributed by atoms with Gasteiger partial charge in [0.15, 0.2) is 5.90 Å². The molecule has 3 rings (SSSR count). The first-order valence-electron chi connectivity index (χ1n) is 11.6. The van der Waals surface area contributed by atoms with Crippen LogP contribution in [0.1, 0.15) is 66.5 Å². The summed E-state index contributed by atoms with van der Waals surface area (Å²) in [4.78, 5) is 13.5. The van der Waals surface area contributed by atoms with Crippen LogP contribution in [0.3, 0.4) is 0 Å². The number of nitrogens with one attached hydrogen (secondary N) is 1. The van der Waals surface area contributed by atoms with E-state index in [-0.39, 0.29) is 54.4 Å². The van der Waals surface area contributed by atoms with Crippen LogP contribution in [0.5, 0.6) is 0 Å². The molecule has 6 nitrogen and oxygen atoms in total. The number of aromatic nitrogens is 2. The Hall–Kier alpha value is -1.94. The van der Waals surface area contributed by atoms with E-state index in [1.165, 1.54) is 23.9 Å². The van der Waals surface area contributed by atoms with Crippen molar-refractivity contribution in [2.24, 2.45) is 0 Å². The summed E-state index contributed by atoms with van der Waals surface area (Å²) in [7, 11) is 1.62. The van der Waals surface area contributed by atoms with Crippen molar-refractivity contribution in [2.45, 2.75) is 73.0 Å². The molecule has 0 saturated heterocycles. The molecule has 36 heavy (non-hydrogen) atoms. The van der Waals surface area contributed by atoms with Crippen molar-refractivity contribution in [2.75, 3.05) is 0 Å². The molecule has 2 aromatic carbocycles. The van der Waals surface area contributed by atoms with Crippen molar-refractivity contribution in [1.29, 1.82) is 5.41 Å². The second-order valence-electron chi connectivity index (χ2n) is 10.5. The van der Waals surface area contributed by atoms with Crippen molar-refractivity contribution in [3.8, 4) is 5.69 Å². The van der Waals surface area contributed by atoms with Gasteiger partial charge in [0.2, 0.25) is 0 Å². The molecule has 9 heteroatoms. The fourth-order valence-corrected chi connectivity index (χ4v) is 3.41. The van der Waals surface area contributed by atoms with Gasteiger partial charge in [0.1, 0.15) is 12.4 Å². The molecule has 1 aromatic heterocycles. The third-order valence-electron chi connectivity index (χ3n) is 6.24. The Kier molecular flexibility index (Phi) is 9.78. The summed E-state index contributed by atoms with van der Waals surface area (Å²) in [5.74, 6) is 0.545. The molecule has 0 aliphatic heterocycles. The second-order valence-corrected chi connectivity index (χ2v) is 10.5. The first-order chi connectivity index (χ1) is 16.2. The van der Waals surface area contributed by atoms with Crippen molar-refractivity contribution < 1.29 is 44.9 Å². The van der Waals surface area contributed by atoms with Crippen LogP contribution in [-0.2, 0) is 21.4 Å². The van der Waals surface area contributed by atoms with Gasteiger partial charge < -0.3 is 9.39 Å². The van der Waals surface area contributed by atoms with Gasteiger partial charge in [0.05, 0.1) is 17.3 Å². The van der Waals surface area contributed by atoms with Gasteiger partial charge in [0.25, 0.3) is 5.56 Å². The third kappa shape index (κ3) is 6.68. The molecule has 1 radical (unpaired) electrons. The normalized spacial score (nSPS) is 11.9. The van der Waals surface area contributed by atoms with Crippen LogP contribution >= 0.6 is 0 Å². The van der Waals surface area contributed by atoms with Gasteiger partial charge in [-0.3, -0.25) is 16.1 Å². The van der Waals surface area contributed by atoms with Crippen molar-refractivity contribution in [3.63, 3.8) is 0 Å². The maximum Gasteiger partial charge on any atom is 0.328 e. The Balaban J connectivity index is 0.00000456. The molecule has 1 N–H and O–H groups in total. The summed E-state index contributed by atoms with van der Waals surface area (Å²) >= 11 is 0. The molecule has 0 unspecified atom stereocenters. The van der Waals surface area contributed by atoms with Gasteiger partial charge in [-0.1, -0.05) is 52.4 Å². The van der Waals surface area contributed by atoms with Crippen LogP contribution in [0.25, 0.3) is 16.5 Å². The first-order valence-corrected chi connectivity index (χ1v) is 11.6. The molecule has 0 amide bonds. The fraction of sp³-hybridized carbons (Fsp3) is 0.407. The smallest absolute Gasteiger partial charge is 0.328 e. The number of benzene rings is 2. The van der Waals surface area contributed by atoms with Gasteiger partial charge in [-0.2, -0.15) is 23.6 Å². The predicted molar refractivity (Wildman–Crippen MR) is 139 cm³/mol. The van der Waals surface area contributed by atoms with E-state index in [0.29, 0.717) is 22.1 Å². The molecule has 1 heterocycles. The summed E-state index contributed by atoms with van der Waals surface area (Å²) in [6.45, 7) is 15.4. The molecule has 0 fully saturated rings. The topological polar surface area (TPSA) is 77.2 Å². The predicted octanol–water partition coefficient (Wildman–Crippen LogP) is 4.99. The number of nitrogens with zero attached hydrogens (tertiary/aromatic N) is 2. The Bertz CT molecular complexity index is 1320. The minimum absolute atomic E-state index is 0. The standard InChI is InChI=1S/C27H33BFN3O3.U/c1-16(2)27(7,8)35-28-21-10-9-11-23(20(21)15-34-17(3)30)32-25(33)24-18(14-31-32)12-19(13-22(24)29)26(4,5)6;/h9-14,30H,15H2,1-8H3;/q-1;. The van der Waals surface area contributed by atoms with Gasteiger partial charge >= 0.3 is 7.48 Å². The van der Waals surface area contributed by atoms with Gasteiger partial charge in [-0.15, -0.1) is 0 Å². The molecule has 189 valence electrons. The number of ether oxygens (including phenoxy) is 1. The summed E-state index contributed by atoms with van der Waals surface area (Å²) in [6, 6.07) is 8.56. The zero-order chi connectivity index (χ0) is 26.1. The van der Waals surface area contributed by atoms with Crippen LogP contribution < -0.4 is 11.0 Å². The number of halogens is 1. The molecule has 0 spiro atoms. The van der Waals surface area contributed by atoms with E-state index in [1.807, 2.05) is 60.6 Å². The molecule has 0 aliphatic rings. The SMILES string of the molecule is CC(=N)OCc1c([B]OC(C)(C)[C-](C)C)cccc1-n1ncc2cc(C(C)(C)C)cc(F)c2c1=O.[U]. The summed E-state index contributed by atoms with van der Waals surface area (Å²) < 4.78 is 27.9. The van der Waals surface area contributed by atoms with E-state index in [4.69, 9.17) is 14.8 Å². The average Bonchev–Trinajstić information content (AvgIpc) is 2.75. The summed E-state index contributed by atoms with van der Waals surface area (Å²) in [6.07, 6.45) is 1.51. The number of hydrogen-bond donors (Lipinski definition) is 1. The van der Waals surface area contributed by atoms with Crippen LogP contribution in [0.2, 0.25) is 0 Å². The Morgan fingerprint density at radius 3 is 2.44 bits per heavy atom. The molecule has 3 aromatic rings. The van der Waals surface area contributed by atoms with Crippen molar-refractivity contribution in [1.82, 2.24) is 9.78 Å². The zero-order valence-electron chi connectivity index (χ0n) is 22.2. The Morgan fingerprint density at radius 2 is 1.86 bits per heavy atom. The van der Waals surface area contributed by atoms with Crippen LogP contribution in [0.15, 0.2) is 41.3 Å². The quantitative estimate of drug-likeness (QED) is 0.162. The van der Waals surface area contributed by atoms with E-state index >= 15 is 4.39 Å². The average molecular weight is 715 g/mol.